The fourth-order valence-corrected chi connectivity index (χ4v) is 2.26. The number of rotatable bonds is 4. The molecule has 0 saturated carbocycles. The highest BCUT2D eigenvalue weighted by Gasteiger charge is 2.03. The Kier molecular flexibility index (Phi) is 5.10. The second kappa shape index (κ2) is 6.83. The summed E-state index contributed by atoms with van der Waals surface area (Å²) in [6.45, 7) is 4.12. The Morgan fingerprint density at radius 2 is 1.86 bits per heavy atom. The molecule has 0 bridgehead atoms. The van der Waals surface area contributed by atoms with Crippen molar-refractivity contribution in [2.45, 2.75) is 20.4 Å². The van der Waals surface area contributed by atoms with Crippen LogP contribution in [0.4, 0.5) is 11.4 Å². The zero-order valence-corrected chi connectivity index (χ0v) is 13.3. The molecule has 110 valence electrons. The van der Waals surface area contributed by atoms with E-state index in [0.29, 0.717) is 16.6 Å². The lowest BCUT2D eigenvalue weighted by molar-refractivity contribution is -0.114. The van der Waals surface area contributed by atoms with Gasteiger partial charge in [0.2, 0.25) is 5.91 Å². The predicted octanol–water partition coefficient (Wildman–Crippen LogP) is 4.87. The highest BCUT2D eigenvalue weighted by molar-refractivity contribution is 6.42. The van der Waals surface area contributed by atoms with E-state index in [1.165, 1.54) is 6.92 Å². The lowest BCUT2D eigenvalue weighted by atomic mass is 10.1. The van der Waals surface area contributed by atoms with Crippen LogP contribution in [0.5, 0.6) is 0 Å². The van der Waals surface area contributed by atoms with Gasteiger partial charge in [-0.3, -0.25) is 4.79 Å². The molecule has 0 spiro atoms. The monoisotopic (exact) mass is 322 g/mol. The molecule has 0 aliphatic carbocycles. The van der Waals surface area contributed by atoms with Gasteiger partial charge in [-0.05, 0) is 42.3 Å². The van der Waals surface area contributed by atoms with E-state index in [9.17, 15) is 4.79 Å². The number of amides is 1. The van der Waals surface area contributed by atoms with E-state index in [1.807, 2.05) is 37.3 Å². The highest BCUT2D eigenvalue weighted by Crippen LogP contribution is 2.24. The molecule has 1 amide bonds. The average molecular weight is 323 g/mol. The lowest BCUT2D eigenvalue weighted by Gasteiger charge is -2.12. The molecule has 0 aliphatic rings. The minimum absolute atomic E-state index is 0.0886. The summed E-state index contributed by atoms with van der Waals surface area (Å²) in [5.41, 5.74) is 3.87. The zero-order valence-electron chi connectivity index (χ0n) is 11.8. The van der Waals surface area contributed by atoms with Crippen molar-refractivity contribution in [3.05, 3.63) is 57.6 Å². The summed E-state index contributed by atoms with van der Waals surface area (Å²) < 4.78 is 0. The summed E-state index contributed by atoms with van der Waals surface area (Å²) in [7, 11) is 0. The fourth-order valence-electron chi connectivity index (χ4n) is 1.94. The minimum Gasteiger partial charge on any atom is -0.381 e. The molecular formula is C16H16Cl2N2O. The molecule has 0 saturated heterocycles. The number of benzene rings is 2. The summed E-state index contributed by atoms with van der Waals surface area (Å²) in [6, 6.07) is 11.3. The summed E-state index contributed by atoms with van der Waals surface area (Å²) in [4.78, 5) is 11.1. The molecule has 2 N–H and O–H groups in total. The highest BCUT2D eigenvalue weighted by atomic mass is 35.5. The molecule has 0 fully saturated rings. The number of nitrogens with one attached hydrogen (secondary N) is 2. The van der Waals surface area contributed by atoms with Crippen LogP contribution in [0.1, 0.15) is 18.1 Å². The van der Waals surface area contributed by atoms with E-state index < -0.39 is 0 Å². The maximum atomic E-state index is 11.1. The Hall–Kier alpha value is -1.71. The number of hydrogen-bond donors (Lipinski definition) is 2. The van der Waals surface area contributed by atoms with Gasteiger partial charge in [-0.1, -0.05) is 35.3 Å². The van der Waals surface area contributed by atoms with Crippen LogP contribution < -0.4 is 10.6 Å². The normalized spacial score (nSPS) is 10.3. The largest absolute Gasteiger partial charge is 0.381 e. The molecule has 0 aromatic heterocycles. The van der Waals surface area contributed by atoms with E-state index in [1.54, 1.807) is 6.07 Å². The van der Waals surface area contributed by atoms with Crippen molar-refractivity contribution in [2.24, 2.45) is 0 Å². The van der Waals surface area contributed by atoms with Crippen molar-refractivity contribution >= 4 is 40.5 Å². The first kappa shape index (κ1) is 15.7. The average Bonchev–Trinajstić information content (AvgIpc) is 2.42. The summed E-state index contributed by atoms with van der Waals surface area (Å²) in [5, 5.41) is 7.19. The summed E-state index contributed by atoms with van der Waals surface area (Å²) >= 11 is 11.9. The van der Waals surface area contributed by atoms with Gasteiger partial charge in [0.25, 0.3) is 0 Å². The first-order valence-electron chi connectivity index (χ1n) is 6.52. The van der Waals surface area contributed by atoms with Gasteiger partial charge in [0.15, 0.2) is 0 Å². The molecule has 2 aromatic rings. The van der Waals surface area contributed by atoms with Gasteiger partial charge >= 0.3 is 0 Å². The van der Waals surface area contributed by atoms with Gasteiger partial charge in [-0.2, -0.15) is 0 Å². The Balaban J connectivity index is 2.11. The van der Waals surface area contributed by atoms with Gasteiger partial charge in [0, 0.05) is 24.8 Å². The molecular weight excluding hydrogens is 307 g/mol. The molecule has 5 heteroatoms. The van der Waals surface area contributed by atoms with E-state index in [2.05, 4.69) is 10.6 Å². The fraction of sp³-hybridized carbons (Fsp3) is 0.188. The van der Waals surface area contributed by atoms with Crippen LogP contribution in [0, 0.1) is 6.92 Å². The molecule has 0 heterocycles. The van der Waals surface area contributed by atoms with Gasteiger partial charge in [0.1, 0.15) is 0 Å². The molecule has 0 atom stereocenters. The maximum Gasteiger partial charge on any atom is 0.221 e. The van der Waals surface area contributed by atoms with Crippen LogP contribution in [0.15, 0.2) is 36.4 Å². The number of aryl methyl sites for hydroxylation is 1. The molecule has 0 unspecified atom stereocenters. The molecule has 3 nitrogen and oxygen atoms in total. The number of anilines is 2. The molecule has 0 radical (unpaired) electrons. The maximum absolute atomic E-state index is 11.1. The standard InChI is InChI=1S/C16H16Cl2N2O/c1-10-3-5-13(20-11(2)21)8-16(10)19-9-12-4-6-14(17)15(18)7-12/h3-8,19H,9H2,1-2H3,(H,20,21). The third-order valence-corrected chi connectivity index (χ3v) is 3.76. The van der Waals surface area contributed by atoms with E-state index in [0.717, 1.165) is 22.5 Å². The molecule has 2 aromatic carbocycles. The van der Waals surface area contributed by atoms with Crippen LogP contribution >= 0.6 is 23.2 Å². The van der Waals surface area contributed by atoms with E-state index in [4.69, 9.17) is 23.2 Å². The quantitative estimate of drug-likeness (QED) is 0.842. The molecule has 0 aliphatic heterocycles. The Morgan fingerprint density at radius 1 is 1.10 bits per heavy atom. The van der Waals surface area contributed by atoms with Crippen molar-refractivity contribution in [1.82, 2.24) is 0 Å². The van der Waals surface area contributed by atoms with Gasteiger partial charge in [-0.25, -0.2) is 0 Å². The Morgan fingerprint density at radius 3 is 2.52 bits per heavy atom. The Bertz CT molecular complexity index is 671. The van der Waals surface area contributed by atoms with Gasteiger partial charge < -0.3 is 10.6 Å². The van der Waals surface area contributed by atoms with Gasteiger partial charge in [-0.15, -0.1) is 0 Å². The second-order valence-corrected chi connectivity index (χ2v) is 5.63. The van der Waals surface area contributed by atoms with E-state index >= 15 is 0 Å². The van der Waals surface area contributed by atoms with Crippen molar-refractivity contribution in [3.63, 3.8) is 0 Å². The Labute approximate surface area is 134 Å². The number of carbonyl (C=O) groups excluding carboxylic acids is 1. The van der Waals surface area contributed by atoms with Gasteiger partial charge in [0.05, 0.1) is 10.0 Å². The third kappa shape index (κ3) is 4.38. The topological polar surface area (TPSA) is 41.1 Å². The van der Waals surface area contributed by atoms with Crippen molar-refractivity contribution < 1.29 is 4.79 Å². The van der Waals surface area contributed by atoms with Crippen molar-refractivity contribution in [1.29, 1.82) is 0 Å². The predicted molar refractivity (Wildman–Crippen MR) is 89.3 cm³/mol. The minimum atomic E-state index is -0.0886. The zero-order chi connectivity index (χ0) is 15.4. The number of hydrogen-bond acceptors (Lipinski definition) is 2. The van der Waals surface area contributed by atoms with Crippen LogP contribution in [-0.2, 0) is 11.3 Å². The van der Waals surface area contributed by atoms with Crippen molar-refractivity contribution in [2.75, 3.05) is 10.6 Å². The number of carbonyl (C=O) groups is 1. The first-order chi connectivity index (χ1) is 9.95. The molecule has 2 rings (SSSR count). The molecule has 21 heavy (non-hydrogen) atoms. The first-order valence-corrected chi connectivity index (χ1v) is 7.27. The van der Waals surface area contributed by atoms with Crippen LogP contribution in [0.3, 0.4) is 0 Å². The smallest absolute Gasteiger partial charge is 0.221 e. The van der Waals surface area contributed by atoms with Crippen LogP contribution in [-0.4, -0.2) is 5.91 Å². The van der Waals surface area contributed by atoms with Crippen LogP contribution in [0.2, 0.25) is 10.0 Å². The summed E-state index contributed by atoms with van der Waals surface area (Å²) in [6.07, 6.45) is 0. The SMILES string of the molecule is CC(=O)Nc1ccc(C)c(NCc2ccc(Cl)c(Cl)c2)c1. The second-order valence-electron chi connectivity index (χ2n) is 4.81. The van der Waals surface area contributed by atoms with Crippen molar-refractivity contribution in [3.8, 4) is 0 Å². The van der Waals surface area contributed by atoms with E-state index in [-0.39, 0.29) is 5.91 Å². The van der Waals surface area contributed by atoms with Crippen LogP contribution in [0.25, 0.3) is 0 Å². The lowest BCUT2D eigenvalue weighted by Crippen LogP contribution is -2.07. The summed E-state index contributed by atoms with van der Waals surface area (Å²) in [5.74, 6) is -0.0886. The number of halogens is 2. The third-order valence-electron chi connectivity index (χ3n) is 3.02.